The molecule has 0 bridgehead atoms. The molecule has 0 spiro atoms. The van der Waals surface area contributed by atoms with E-state index in [0.29, 0.717) is 55.2 Å². The minimum absolute atomic E-state index is 0.136. The summed E-state index contributed by atoms with van der Waals surface area (Å²) in [5.41, 5.74) is 3.70. The Hall–Kier alpha value is -4.91. The lowest BCUT2D eigenvalue weighted by Crippen LogP contribution is -2.00. The van der Waals surface area contributed by atoms with E-state index in [2.05, 4.69) is 4.99 Å². The van der Waals surface area contributed by atoms with Gasteiger partial charge in [-0.05, 0) is 65.8 Å². The van der Waals surface area contributed by atoms with E-state index in [1.54, 1.807) is 26.0 Å². The first-order valence-corrected chi connectivity index (χ1v) is 13.9. The second kappa shape index (κ2) is 10.5. The lowest BCUT2D eigenvalue weighted by molar-refractivity contribution is 0.398. The summed E-state index contributed by atoms with van der Waals surface area (Å²) >= 11 is 0. The van der Waals surface area contributed by atoms with Crippen LogP contribution in [-0.4, -0.2) is 36.9 Å². The molecule has 0 saturated heterocycles. The summed E-state index contributed by atoms with van der Waals surface area (Å²) in [5.74, 6) is -1.95. The number of hydrogen-bond acceptors (Lipinski definition) is 7. The minimum Gasteiger partial charge on any atom is -0.507 e. The zero-order chi connectivity index (χ0) is 30.6. The highest BCUT2D eigenvalue weighted by Gasteiger charge is 2.28. The summed E-state index contributed by atoms with van der Waals surface area (Å²) in [4.78, 5) is 4.48. The van der Waals surface area contributed by atoms with Gasteiger partial charge in [0, 0.05) is 39.2 Å². The lowest BCUT2D eigenvalue weighted by Gasteiger charge is -2.22. The fourth-order valence-electron chi connectivity index (χ4n) is 6.02. The van der Waals surface area contributed by atoms with Crippen LogP contribution < -0.4 is 0 Å². The molecular weight excluding hydrogens is 530 g/mol. The number of phenolic OH excluding ortho intramolecular Hbond substituents is 6. The zero-order valence-corrected chi connectivity index (χ0v) is 24.5. The van der Waals surface area contributed by atoms with Gasteiger partial charge in [0.2, 0.25) is 0 Å². The van der Waals surface area contributed by atoms with Crippen LogP contribution >= 0.6 is 0 Å². The van der Waals surface area contributed by atoms with Crippen LogP contribution in [0.4, 0.5) is 5.69 Å². The molecule has 0 aliphatic rings. The molecule has 0 aliphatic heterocycles. The fourth-order valence-corrected chi connectivity index (χ4v) is 6.02. The van der Waals surface area contributed by atoms with Gasteiger partial charge in [-0.1, -0.05) is 58.0 Å². The van der Waals surface area contributed by atoms with E-state index in [4.69, 9.17) is 0 Å². The molecule has 0 atom stereocenters. The summed E-state index contributed by atoms with van der Waals surface area (Å²) < 4.78 is 0. The zero-order valence-electron chi connectivity index (χ0n) is 24.5. The summed E-state index contributed by atoms with van der Waals surface area (Å²) in [7, 11) is 0. The summed E-state index contributed by atoms with van der Waals surface area (Å²) in [5, 5.41) is 68.8. The summed E-state index contributed by atoms with van der Waals surface area (Å²) in [6, 6.07) is 14.1. The third kappa shape index (κ3) is 4.42. The second-order valence-corrected chi connectivity index (χ2v) is 11.4. The number of rotatable bonds is 5. The number of fused-ring (bicyclic) bond motifs is 2. The number of para-hydroxylation sites is 1. The summed E-state index contributed by atoms with van der Waals surface area (Å²) in [6.45, 7) is 11.2. The van der Waals surface area contributed by atoms with E-state index in [0.717, 1.165) is 0 Å². The Bertz CT molecular complexity index is 1910. The smallest absolute Gasteiger partial charge is 0.167 e. The van der Waals surface area contributed by atoms with Crippen molar-refractivity contribution in [3.8, 4) is 45.6 Å². The van der Waals surface area contributed by atoms with Gasteiger partial charge in [0.05, 0.1) is 11.3 Å². The first-order chi connectivity index (χ1) is 19.8. The van der Waals surface area contributed by atoms with Gasteiger partial charge in [0.25, 0.3) is 0 Å². The molecule has 216 valence electrons. The van der Waals surface area contributed by atoms with E-state index >= 15 is 0 Å². The number of phenols is 6. The number of aryl methyl sites for hydroxylation is 2. The number of aliphatic imine (C=N–C) groups is 1. The normalized spacial score (nSPS) is 12.0. The molecule has 0 radical (unpaired) electrons. The molecule has 0 aliphatic carbocycles. The maximum atomic E-state index is 12.0. The largest absolute Gasteiger partial charge is 0.507 e. The average molecular weight is 566 g/mol. The van der Waals surface area contributed by atoms with Crippen LogP contribution in [-0.2, 0) is 0 Å². The fraction of sp³-hybridized carbons (Fsp3) is 0.229. The maximum Gasteiger partial charge on any atom is 0.167 e. The highest BCUT2D eigenvalue weighted by molar-refractivity contribution is 6.13. The topological polar surface area (TPSA) is 134 Å². The molecule has 5 rings (SSSR count). The van der Waals surface area contributed by atoms with Crippen molar-refractivity contribution in [3.63, 3.8) is 0 Å². The van der Waals surface area contributed by atoms with Crippen molar-refractivity contribution >= 4 is 33.4 Å². The van der Waals surface area contributed by atoms with E-state index in [1.807, 2.05) is 58.0 Å². The number of nitrogens with zero attached hydrogens (tertiary/aromatic N) is 1. The van der Waals surface area contributed by atoms with Crippen LogP contribution in [0.3, 0.4) is 0 Å². The highest BCUT2D eigenvalue weighted by Crippen LogP contribution is 2.53. The highest BCUT2D eigenvalue weighted by atomic mass is 16.3. The monoisotopic (exact) mass is 565 g/mol. The minimum atomic E-state index is -0.405. The molecule has 5 aromatic carbocycles. The number of benzene rings is 5. The Labute approximate surface area is 244 Å². The molecule has 0 amide bonds. The van der Waals surface area contributed by atoms with Gasteiger partial charge in [-0.2, -0.15) is 0 Å². The molecule has 7 heteroatoms. The van der Waals surface area contributed by atoms with Gasteiger partial charge in [-0.25, -0.2) is 0 Å². The number of hydrogen-bond donors (Lipinski definition) is 6. The molecule has 42 heavy (non-hydrogen) atoms. The third-order valence-corrected chi connectivity index (χ3v) is 7.90. The van der Waals surface area contributed by atoms with Crippen molar-refractivity contribution in [1.29, 1.82) is 0 Å². The molecule has 0 fully saturated rings. The molecule has 5 aromatic rings. The molecule has 6 N–H and O–H groups in total. The van der Waals surface area contributed by atoms with Crippen LogP contribution in [0.15, 0.2) is 53.5 Å². The van der Waals surface area contributed by atoms with Crippen LogP contribution in [0.5, 0.6) is 34.5 Å². The van der Waals surface area contributed by atoms with Crippen LogP contribution in [0.25, 0.3) is 32.7 Å². The van der Waals surface area contributed by atoms with Crippen LogP contribution in [0.2, 0.25) is 0 Å². The van der Waals surface area contributed by atoms with E-state index in [1.165, 1.54) is 12.3 Å². The Morgan fingerprint density at radius 3 is 1.74 bits per heavy atom. The summed E-state index contributed by atoms with van der Waals surface area (Å²) in [6.07, 6.45) is 1.42. The van der Waals surface area contributed by atoms with E-state index in [9.17, 15) is 30.6 Å². The Morgan fingerprint density at radius 2 is 1.14 bits per heavy atom. The van der Waals surface area contributed by atoms with Crippen LogP contribution in [0, 0.1) is 13.8 Å². The Balaban J connectivity index is 1.91. The molecular formula is C35H35NO6. The van der Waals surface area contributed by atoms with Gasteiger partial charge < -0.3 is 30.6 Å². The van der Waals surface area contributed by atoms with Crippen molar-refractivity contribution < 1.29 is 30.6 Å². The van der Waals surface area contributed by atoms with Gasteiger partial charge in [-0.3, -0.25) is 4.99 Å². The van der Waals surface area contributed by atoms with Crippen molar-refractivity contribution in [2.75, 3.05) is 0 Å². The Kier molecular flexibility index (Phi) is 7.15. The van der Waals surface area contributed by atoms with Gasteiger partial charge in [-0.15, -0.1) is 0 Å². The molecule has 0 saturated carbocycles. The Morgan fingerprint density at radius 1 is 0.595 bits per heavy atom. The average Bonchev–Trinajstić information content (AvgIpc) is 2.92. The van der Waals surface area contributed by atoms with Gasteiger partial charge in [0.1, 0.15) is 11.5 Å². The SMILES string of the molecule is Cc1cc2c(C(C)C)c(O)c(O)cc2c(O)c1-c1c(C)cc2c(C(C)C)c(O)c(O)c(C=Nc3ccccc3)c2c1O. The standard InChI is InChI=1S/C35H35NO6/c1-16(2)26-21-12-18(5)28(31(38)22(21)14-25(37)33(26)40)29-19(6)13-23-27(17(3)4)35(42)32(39)24(30(23)34(29)41)15-36-20-10-8-7-9-11-20/h7-17,37-42H,1-6H3. The van der Waals surface area contributed by atoms with Crippen molar-refractivity contribution in [2.24, 2.45) is 4.99 Å². The second-order valence-electron chi connectivity index (χ2n) is 11.4. The molecule has 0 aromatic heterocycles. The number of aromatic hydroxyl groups is 6. The van der Waals surface area contributed by atoms with Gasteiger partial charge in [0.15, 0.2) is 23.0 Å². The van der Waals surface area contributed by atoms with Crippen molar-refractivity contribution in [1.82, 2.24) is 0 Å². The van der Waals surface area contributed by atoms with Crippen molar-refractivity contribution in [2.45, 2.75) is 53.4 Å². The van der Waals surface area contributed by atoms with E-state index in [-0.39, 0.29) is 51.5 Å². The molecule has 0 heterocycles. The van der Waals surface area contributed by atoms with Crippen LogP contribution in [0.1, 0.15) is 67.3 Å². The van der Waals surface area contributed by atoms with Crippen molar-refractivity contribution in [3.05, 3.63) is 76.3 Å². The lowest BCUT2D eigenvalue weighted by atomic mass is 9.84. The molecule has 7 nitrogen and oxygen atoms in total. The predicted octanol–water partition coefficient (Wildman–Crippen LogP) is 8.51. The van der Waals surface area contributed by atoms with E-state index < -0.39 is 5.75 Å². The maximum absolute atomic E-state index is 12.0. The quantitative estimate of drug-likeness (QED) is 0.0934. The third-order valence-electron chi connectivity index (χ3n) is 7.90. The molecule has 0 unspecified atom stereocenters. The first kappa shape index (κ1) is 28.6. The predicted molar refractivity (Wildman–Crippen MR) is 168 cm³/mol. The van der Waals surface area contributed by atoms with Gasteiger partial charge >= 0.3 is 0 Å². The first-order valence-electron chi connectivity index (χ1n) is 13.9.